The molecular formula is C26H20N2O4S2. The van der Waals surface area contributed by atoms with E-state index in [1.807, 2.05) is 59.3 Å². The number of benzene rings is 3. The number of hydrogen-bond acceptors (Lipinski definition) is 8. The summed E-state index contributed by atoms with van der Waals surface area (Å²) in [6.45, 7) is 1.39. The van der Waals surface area contributed by atoms with Crippen molar-refractivity contribution in [1.29, 1.82) is 0 Å². The molecule has 0 saturated carbocycles. The predicted molar refractivity (Wildman–Crippen MR) is 132 cm³/mol. The standard InChI is InChI=1S/C26H20N2O4S2/c1-2-6-18-10-24-23(9-17(18)5-1)29-11-19-15-33-25(27-19)13-31-21-7-3-4-8-22(21)32-14-26-28-20(12-30-24)16-34-26/h1-10,15-16H,11-14H2. The van der Waals surface area contributed by atoms with E-state index in [1.54, 1.807) is 22.7 Å². The van der Waals surface area contributed by atoms with Gasteiger partial charge >= 0.3 is 0 Å². The lowest BCUT2D eigenvalue weighted by Gasteiger charge is -2.13. The van der Waals surface area contributed by atoms with Gasteiger partial charge in [-0.25, -0.2) is 9.97 Å². The molecule has 0 saturated heterocycles. The molecule has 6 rings (SSSR count). The number of aromatic nitrogens is 2. The van der Waals surface area contributed by atoms with E-state index in [2.05, 4.69) is 22.1 Å². The van der Waals surface area contributed by atoms with Crippen molar-refractivity contribution in [3.05, 3.63) is 92.8 Å². The quantitative estimate of drug-likeness (QED) is 0.252. The van der Waals surface area contributed by atoms with Gasteiger partial charge in [-0.15, -0.1) is 22.7 Å². The normalized spacial score (nSPS) is 13.8. The Balaban J connectivity index is 1.33. The lowest BCUT2D eigenvalue weighted by molar-refractivity contribution is 0.246. The Bertz CT molecular complexity index is 1340. The molecule has 0 amide bonds. The van der Waals surface area contributed by atoms with E-state index in [-0.39, 0.29) is 0 Å². The maximum Gasteiger partial charge on any atom is 0.162 e. The maximum atomic E-state index is 6.17. The second-order valence-corrected chi connectivity index (χ2v) is 9.60. The Morgan fingerprint density at radius 1 is 0.529 bits per heavy atom. The molecule has 5 aromatic rings. The number of rotatable bonds is 0. The summed E-state index contributed by atoms with van der Waals surface area (Å²) in [7, 11) is 0. The van der Waals surface area contributed by atoms with Gasteiger partial charge in [0.15, 0.2) is 23.0 Å². The summed E-state index contributed by atoms with van der Waals surface area (Å²) < 4.78 is 24.4. The highest BCUT2D eigenvalue weighted by Crippen LogP contribution is 2.34. The molecule has 0 N–H and O–H groups in total. The molecule has 0 spiro atoms. The topological polar surface area (TPSA) is 62.7 Å². The molecule has 170 valence electrons. The second kappa shape index (κ2) is 9.32. The van der Waals surface area contributed by atoms with Crippen LogP contribution >= 0.6 is 22.7 Å². The summed E-state index contributed by atoms with van der Waals surface area (Å²) in [5.74, 6) is 2.71. The summed E-state index contributed by atoms with van der Waals surface area (Å²) in [4.78, 5) is 9.34. The third kappa shape index (κ3) is 4.55. The van der Waals surface area contributed by atoms with E-state index in [1.165, 1.54) is 0 Å². The van der Waals surface area contributed by atoms with Crippen molar-refractivity contribution >= 4 is 33.4 Å². The van der Waals surface area contributed by atoms with Crippen molar-refractivity contribution in [2.24, 2.45) is 0 Å². The number of ether oxygens (including phenoxy) is 4. The predicted octanol–water partition coefficient (Wildman–Crippen LogP) is 6.38. The summed E-state index contributed by atoms with van der Waals surface area (Å²) in [5.41, 5.74) is 1.69. The molecule has 4 bridgehead atoms. The van der Waals surface area contributed by atoms with Crippen molar-refractivity contribution in [2.75, 3.05) is 0 Å². The molecule has 3 aromatic carbocycles. The third-order valence-corrected chi connectivity index (χ3v) is 7.06. The molecule has 34 heavy (non-hydrogen) atoms. The highest BCUT2D eigenvalue weighted by Gasteiger charge is 2.13. The van der Waals surface area contributed by atoms with Crippen LogP contribution in [0.15, 0.2) is 71.4 Å². The van der Waals surface area contributed by atoms with E-state index < -0.39 is 0 Å². The van der Waals surface area contributed by atoms with Crippen molar-refractivity contribution in [3.63, 3.8) is 0 Å². The molecule has 0 unspecified atom stereocenters. The molecule has 1 aliphatic rings. The molecular weight excluding hydrogens is 468 g/mol. The average molecular weight is 489 g/mol. The largest absolute Gasteiger partial charge is 0.483 e. The van der Waals surface area contributed by atoms with Crippen LogP contribution in [0.2, 0.25) is 0 Å². The zero-order valence-corrected chi connectivity index (χ0v) is 19.7. The molecule has 0 aliphatic carbocycles. The second-order valence-electron chi connectivity index (χ2n) is 7.71. The van der Waals surface area contributed by atoms with Crippen LogP contribution in [0.4, 0.5) is 0 Å². The van der Waals surface area contributed by atoms with Gasteiger partial charge in [-0.3, -0.25) is 0 Å². The number of nitrogens with zero attached hydrogens (tertiary/aromatic N) is 2. The van der Waals surface area contributed by atoms with Gasteiger partial charge in [0.2, 0.25) is 0 Å². The van der Waals surface area contributed by atoms with Crippen molar-refractivity contribution in [2.45, 2.75) is 26.4 Å². The van der Waals surface area contributed by atoms with Crippen LogP contribution in [0.25, 0.3) is 10.8 Å². The third-order valence-electron chi connectivity index (χ3n) is 5.31. The fraction of sp³-hybridized carbons (Fsp3) is 0.154. The smallest absolute Gasteiger partial charge is 0.162 e. The van der Waals surface area contributed by atoms with E-state index in [9.17, 15) is 0 Å². The summed E-state index contributed by atoms with van der Waals surface area (Å²) in [5, 5.41) is 7.90. The van der Waals surface area contributed by atoms with Gasteiger partial charge in [0.25, 0.3) is 0 Å². The molecule has 8 heteroatoms. The van der Waals surface area contributed by atoms with Crippen LogP contribution in [0, 0.1) is 0 Å². The molecule has 0 atom stereocenters. The van der Waals surface area contributed by atoms with Crippen LogP contribution in [0.3, 0.4) is 0 Å². The van der Waals surface area contributed by atoms with Gasteiger partial charge in [0.1, 0.15) is 36.4 Å². The molecule has 0 fully saturated rings. The monoisotopic (exact) mass is 488 g/mol. The van der Waals surface area contributed by atoms with Crippen LogP contribution in [-0.2, 0) is 26.4 Å². The zero-order valence-electron chi connectivity index (χ0n) is 18.1. The number of para-hydroxylation sites is 2. The highest BCUT2D eigenvalue weighted by molar-refractivity contribution is 7.09. The Kier molecular flexibility index (Phi) is 5.74. The Labute approximate surface area is 204 Å². The minimum absolute atomic E-state index is 0.339. The summed E-state index contributed by atoms with van der Waals surface area (Å²) in [6.07, 6.45) is 0. The van der Waals surface area contributed by atoms with Crippen LogP contribution in [-0.4, -0.2) is 9.97 Å². The van der Waals surface area contributed by atoms with E-state index in [4.69, 9.17) is 18.9 Å². The first kappa shape index (κ1) is 20.9. The molecule has 1 aliphatic heterocycles. The van der Waals surface area contributed by atoms with Crippen LogP contribution in [0.1, 0.15) is 21.4 Å². The Hall–Kier alpha value is -3.62. The van der Waals surface area contributed by atoms with Gasteiger partial charge in [-0.1, -0.05) is 36.4 Å². The lowest BCUT2D eigenvalue weighted by Crippen LogP contribution is -2.03. The lowest BCUT2D eigenvalue weighted by atomic mass is 10.1. The van der Waals surface area contributed by atoms with Gasteiger partial charge in [-0.05, 0) is 35.0 Å². The molecule has 2 aromatic heterocycles. The first-order valence-corrected chi connectivity index (χ1v) is 12.6. The minimum Gasteiger partial charge on any atom is -0.483 e. The number of hydrogen-bond donors (Lipinski definition) is 0. The molecule has 0 radical (unpaired) electrons. The van der Waals surface area contributed by atoms with Gasteiger partial charge in [-0.2, -0.15) is 0 Å². The van der Waals surface area contributed by atoms with Crippen molar-refractivity contribution in [1.82, 2.24) is 9.97 Å². The summed E-state index contributed by atoms with van der Waals surface area (Å²) >= 11 is 3.09. The van der Waals surface area contributed by atoms with E-state index in [0.717, 1.165) is 32.2 Å². The van der Waals surface area contributed by atoms with E-state index in [0.29, 0.717) is 49.4 Å². The van der Waals surface area contributed by atoms with Crippen molar-refractivity contribution < 1.29 is 18.9 Å². The number of thiazole rings is 2. The maximum absolute atomic E-state index is 6.17. The molecule has 3 heterocycles. The SMILES string of the molecule is c1ccc2c(c1)OCc1nc(cs1)COc1cc3ccccc3cc1OCc1csc(n1)CO2. The van der Waals surface area contributed by atoms with Crippen LogP contribution < -0.4 is 18.9 Å². The van der Waals surface area contributed by atoms with Gasteiger partial charge in [0, 0.05) is 10.8 Å². The average Bonchev–Trinajstić information content (AvgIpc) is 3.53. The van der Waals surface area contributed by atoms with Crippen molar-refractivity contribution in [3.8, 4) is 23.0 Å². The van der Waals surface area contributed by atoms with E-state index >= 15 is 0 Å². The number of fused-ring (bicyclic) bond motifs is 7. The fourth-order valence-corrected chi connectivity index (χ4v) is 5.04. The Morgan fingerprint density at radius 3 is 1.47 bits per heavy atom. The van der Waals surface area contributed by atoms with Crippen LogP contribution in [0.5, 0.6) is 23.0 Å². The van der Waals surface area contributed by atoms with Gasteiger partial charge in [0.05, 0.1) is 11.4 Å². The summed E-state index contributed by atoms with van der Waals surface area (Å²) in [6, 6.07) is 19.8. The van der Waals surface area contributed by atoms with Gasteiger partial charge < -0.3 is 18.9 Å². The molecule has 6 nitrogen and oxygen atoms in total. The first-order chi connectivity index (χ1) is 16.8. The minimum atomic E-state index is 0.339. The Morgan fingerprint density at radius 2 is 0.971 bits per heavy atom. The first-order valence-electron chi connectivity index (χ1n) is 10.8. The zero-order chi connectivity index (χ0) is 22.7. The fourth-order valence-electron chi connectivity index (χ4n) is 3.66. The highest BCUT2D eigenvalue weighted by atomic mass is 32.1.